The largest absolute Gasteiger partial charge is 0.295 e. The van der Waals surface area contributed by atoms with Gasteiger partial charge in [-0.1, -0.05) is 0 Å². The molecule has 0 saturated carbocycles. The first-order valence-corrected chi connectivity index (χ1v) is 7.53. The molecule has 0 spiro atoms. The Labute approximate surface area is 146 Å². The Morgan fingerprint density at radius 3 is 2.65 bits per heavy atom. The van der Waals surface area contributed by atoms with Crippen LogP contribution in [0.3, 0.4) is 0 Å². The van der Waals surface area contributed by atoms with Gasteiger partial charge in [-0.15, -0.1) is 0 Å². The molecule has 1 aromatic carbocycles. The fourth-order valence-corrected chi connectivity index (χ4v) is 2.34. The predicted molar refractivity (Wildman–Crippen MR) is 89.7 cm³/mol. The standard InChI is InChI=1S/C16H11FN8O/c1-9(26)21-16-23-14-13(15(24-16)25-8-18-7-20-25)22-12(6-19-14)10-2-4-11(17)5-3-10/h2-8H,1H3,(H,19,21,23,24,26). The number of carbonyl (C=O) groups is 1. The zero-order chi connectivity index (χ0) is 18.1. The topological polar surface area (TPSA) is 111 Å². The van der Waals surface area contributed by atoms with Crippen molar-refractivity contribution in [1.82, 2.24) is 34.7 Å². The highest BCUT2D eigenvalue weighted by atomic mass is 19.1. The van der Waals surface area contributed by atoms with Gasteiger partial charge in [0, 0.05) is 12.5 Å². The summed E-state index contributed by atoms with van der Waals surface area (Å²) < 4.78 is 14.5. The number of nitrogens with zero attached hydrogens (tertiary/aromatic N) is 7. The van der Waals surface area contributed by atoms with Crippen LogP contribution in [0.1, 0.15) is 6.92 Å². The van der Waals surface area contributed by atoms with E-state index in [4.69, 9.17) is 0 Å². The number of benzene rings is 1. The molecule has 9 nitrogen and oxygen atoms in total. The van der Waals surface area contributed by atoms with Gasteiger partial charge in [-0.25, -0.2) is 24.0 Å². The summed E-state index contributed by atoms with van der Waals surface area (Å²) in [7, 11) is 0. The van der Waals surface area contributed by atoms with Crippen molar-refractivity contribution in [3.05, 3.63) is 48.9 Å². The van der Waals surface area contributed by atoms with Crippen molar-refractivity contribution in [3.63, 3.8) is 0 Å². The monoisotopic (exact) mass is 350 g/mol. The number of nitrogens with one attached hydrogen (secondary N) is 1. The predicted octanol–water partition coefficient (Wildman–Crippen LogP) is 1.76. The first-order valence-electron chi connectivity index (χ1n) is 7.53. The minimum absolute atomic E-state index is 0.0827. The quantitative estimate of drug-likeness (QED) is 0.599. The molecule has 3 aromatic heterocycles. The van der Waals surface area contributed by atoms with Crippen LogP contribution in [0, 0.1) is 5.82 Å². The van der Waals surface area contributed by atoms with Gasteiger partial charge in [0.15, 0.2) is 17.0 Å². The van der Waals surface area contributed by atoms with Crippen molar-refractivity contribution >= 4 is 23.0 Å². The van der Waals surface area contributed by atoms with E-state index in [0.29, 0.717) is 22.6 Å². The van der Waals surface area contributed by atoms with Crippen LogP contribution in [0.25, 0.3) is 28.2 Å². The Morgan fingerprint density at radius 1 is 1.15 bits per heavy atom. The molecule has 1 amide bonds. The zero-order valence-corrected chi connectivity index (χ0v) is 13.5. The van der Waals surface area contributed by atoms with E-state index in [1.807, 2.05) is 0 Å². The Bertz CT molecular complexity index is 1100. The van der Waals surface area contributed by atoms with Gasteiger partial charge >= 0.3 is 0 Å². The van der Waals surface area contributed by atoms with Crippen LogP contribution >= 0.6 is 0 Å². The lowest BCUT2D eigenvalue weighted by molar-refractivity contribution is -0.114. The zero-order valence-electron chi connectivity index (χ0n) is 13.5. The van der Waals surface area contributed by atoms with Crippen LogP contribution in [0.2, 0.25) is 0 Å². The lowest BCUT2D eigenvalue weighted by atomic mass is 10.1. The van der Waals surface area contributed by atoms with Gasteiger partial charge in [0.05, 0.1) is 11.9 Å². The molecule has 0 saturated heterocycles. The minimum atomic E-state index is -0.339. The molecule has 0 bridgehead atoms. The molecule has 3 heterocycles. The second-order valence-electron chi connectivity index (χ2n) is 5.33. The average molecular weight is 350 g/mol. The molecule has 26 heavy (non-hydrogen) atoms. The highest BCUT2D eigenvalue weighted by Crippen LogP contribution is 2.22. The molecule has 0 aliphatic rings. The normalized spacial score (nSPS) is 10.8. The van der Waals surface area contributed by atoms with Crippen molar-refractivity contribution in [3.8, 4) is 17.1 Å². The maximum absolute atomic E-state index is 13.1. The van der Waals surface area contributed by atoms with E-state index in [9.17, 15) is 9.18 Å². The fourth-order valence-electron chi connectivity index (χ4n) is 2.34. The summed E-state index contributed by atoms with van der Waals surface area (Å²) >= 11 is 0. The van der Waals surface area contributed by atoms with E-state index in [1.54, 1.807) is 12.1 Å². The van der Waals surface area contributed by atoms with Crippen molar-refractivity contribution in [2.75, 3.05) is 5.32 Å². The van der Waals surface area contributed by atoms with Crippen LogP contribution in [0.15, 0.2) is 43.1 Å². The van der Waals surface area contributed by atoms with Gasteiger partial charge in [-0.3, -0.25) is 10.1 Å². The lowest BCUT2D eigenvalue weighted by Crippen LogP contribution is -2.12. The molecule has 4 rings (SSSR count). The number of anilines is 1. The number of hydrogen-bond acceptors (Lipinski definition) is 7. The van der Waals surface area contributed by atoms with Crippen LogP contribution in [-0.4, -0.2) is 40.6 Å². The van der Waals surface area contributed by atoms with E-state index >= 15 is 0 Å². The van der Waals surface area contributed by atoms with Gasteiger partial charge in [0.2, 0.25) is 11.9 Å². The first-order chi connectivity index (χ1) is 12.6. The third-order valence-electron chi connectivity index (χ3n) is 3.45. The number of fused-ring (bicyclic) bond motifs is 1. The maximum Gasteiger partial charge on any atom is 0.233 e. The van der Waals surface area contributed by atoms with E-state index < -0.39 is 0 Å². The highest BCUT2D eigenvalue weighted by molar-refractivity contribution is 5.89. The summed E-state index contributed by atoms with van der Waals surface area (Å²) in [5, 5.41) is 6.58. The van der Waals surface area contributed by atoms with Crippen molar-refractivity contribution < 1.29 is 9.18 Å². The lowest BCUT2D eigenvalue weighted by Gasteiger charge is -2.08. The fraction of sp³-hybridized carbons (Fsp3) is 0.0625. The summed E-state index contributed by atoms with van der Waals surface area (Å²) in [5.41, 5.74) is 1.86. The van der Waals surface area contributed by atoms with Crippen LogP contribution in [0.4, 0.5) is 10.3 Å². The Morgan fingerprint density at radius 2 is 1.96 bits per heavy atom. The molecule has 10 heteroatoms. The summed E-state index contributed by atoms with van der Waals surface area (Å²) in [6.07, 6.45) is 4.32. The average Bonchev–Trinajstić information content (AvgIpc) is 3.15. The number of carbonyl (C=O) groups excluding carboxylic acids is 1. The van der Waals surface area contributed by atoms with E-state index in [1.165, 1.54) is 42.6 Å². The Hall–Kier alpha value is -3.82. The second-order valence-corrected chi connectivity index (χ2v) is 5.33. The van der Waals surface area contributed by atoms with E-state index in [2.05, 4.69) is 35.3 Å². The molecular formula is C16H11FN8O. The molecule has 0 aliphatic heterocycles. The number of rotatable bonds is 3. The number of halogens is 1. The Balaban J connectivity index is 1.92. The molecule has 128 valence electrons. The van der Waals surface area contributed by atoms with Crippen LogP contribution in [-0.2, 0) is 4.79 Å². The van der Waals surface area contributed by atoms with Gasteiger partial charge in [-0.05, 0) is 24.3 Å². The maximum atomic E-state index is 13.1. The molecule has 4 aromatic rings. The number of hydrogen-bond donors (Lipinski definition) is 1. The Kier molecular flexibility index (Phi) is 3.77. The molecule has 0 radical (unpaired) electrons. The second kappa shape index (κ2) is 6.24. The van der Waals surface area contributed by atoms with Gasteiger partial charge in [0.1, 0.15) is 18.5 Å². The first kappa shape index (κ1) is 15.7. The summed E-state index contributed by atoms with van der Waals surface area (Å²) in [4.78, 5) is 32.5. The summed E-state index contributed by atoms with van der Waals surface area (Å²) in [5.74, 6) is -0.258. The molecule has 0 unspecified atom stereocenters. The van der Waals surface area contributed by atoms with Crippen LogP contribution in [0.5, 0.6) is 0 Å². The van der Waals surface area contributed by atoms with Crippen molar-refractivity contribution in [2.45, 2.75) is 6.92 Å². The third-order valence-corrected chi connectivity index (χ3v) is 3.45. The molecule has 0 aliphatic carbocycles. The van der Waals surface area contributed by atoms with Gasteiger partial charge < -0.3 is 0 Å². The minimum Gasteiger partial charge on any atom is -0.295 e. The summed E-state index contributed by atoms with van der Waals surface area (Å²) in [6.45, 7) is 1.35. The number of amides is 1. The smallest absolute Gasteiger partial charge is 0.233 e. The SMILES string of the molecule is CC(=O)Nc1nc(-n2cncn2)c2nc(-c3ccc(F)cc3)cnc2n1. The molecule has 1 N–H and O–H groups in total. The molecule has 0 atom stereocenters. The number of aromatic nitrogens is 7. The highest BCUT2D eigenvalue weighted by Gasteiger charge is 2.15. The summed E-state index contributed by atoms with van der Waals surface area (Å²) in [6, 6.07) is 5.89. The van der Waals surface area contributed by atoms with E-state index in [-0.39, 0.29) is 23.3 Å². The van der Waals surface area contributed by atoms with Gasteiger partial charge in [0.25, 0.3) is 0 Å². The van der Waals surface area contributed by atoms with Crippen LogP contribution < -0.4 is 5.32 Å². The van der Waals surface area contributed by atoms with Crippen molar-refractivity contribution in [1.29, 1.82) is 0 Å². The van der Waals surface area contributed by atoms with Crippen molar-refractivity contribution in [2.24, 2.45) is 0 Å². The third kappa shape index (κ3) is 2.95. The molecule has 0 fully saturated rings. The van der Waals surface area contributed by atoms with E-state index in [0.717, 1.165) is 0 Å². The van der Waals surface area contributed by atoms with Gasteiger partial charge in [-0.2, -0.15) is 15.1 Å². The molecular weight excluding hydrogens is 339 g/mol.